The fourth-order valence-electron chi connectivity index (χ4n) is 7.02. The molecule has 0 spiro atoms. The molecule has 0 radical (unpaired) electrons. The Morgan fingerprint density at radius 3 is 1.79 bits per heavy atom. The minimum Gasteiger partial charge on any atom is -0.456 e. The molecule has 0 saturated heterocycles. The summed E-state index contributed by atoms with van der Waals surface area (Å²) in [6.07, 6.45) is 0. The Balaban J connectivity index is 1.78. The van der Waals surface area contributed by atoms with Gasteiger partial charge in [0, 0.05) is 45.6 Å². The first-order chi connectivity index (χ1) is 25.8. The average Bonchev–Trinajstić information content (AvgIpc) is 3.04. The summed E-state index contributed by atoms with van der Waals surface area (Å²) in [7, 11) is -20.2. The van der Waals surface area contributed by atoms with Crippen LogP contribution >= 0.6 is 0 Å². The lowest BCUT2D eigenvalue weighted by atomic mass is 9.93. The maximum Gasteiger partial charge on any atom is 0.296 e. The predicted molar refractivity (Wildman–Crippen MR) is 207 cm³/mol. The van der Waals surface area contributed by atoms with E-state index in [1.807, 2.05) is 32.9 Å². The van der Waals surface area contributed by atoms with E-state index >= 15 is 0 Å². The van der Waals surface area contributed by atoms with Crippen molar-refractivity contribution in [1.29, 1.82) is 0 Å². The van der Waals surface area contributed by atoms with Crippen LogP contribution < -0.4 is 10.7 Å². The van der Waals surface area contributed by atoms with Crippen LogP contribution in [0.4, 0.5) is 17.1 Å². The van der Waals surface area contributed by atoms with Gasteiger partial charge in [0.15, 0.2) is 0 Å². The van der Waals surface area contributed by atoms with E-state index in [-0.39, 0.29) is 50.2 Å². The van der Waals surface area contributed by atoms with Gasteiger partial charge in [0.2, 0.25) is 0 Å². The van der Waals surface area contributed by atoms with Crippen molar-refractivity contribution in [2.24, 2.45) is 4.99 Å². The summed E-state index contributed by atoms with van der Waals surface area (Å²) in [6.45, 7) is 10.2. The van der Waals surface area contributed by atoms with Crippen molar-refractivity contribution in [2.75, 3.05) is 5.32 Å². The van der Waals surface area contributed by atoms with Crippen molar-refractivity contribution in [3.05, 3.63) is 105 Å². The molecule has 2 aliphatic rings. The molecule has 1 aliphatic heterocycles. The Labute approximate surface area is 322 Å². The van der Waals surface area contributed by atoms with E-state index in [2.05, 4.69) is 10.3 Å². The first-order valence-electron chi connectivity index (χ1n) is 16.3. The fraction of sp³-hybridized carbons (Fsp3) is 0.162. The van der Waals surface area contributed by atoms with E-state index in [4.69, 9.17) is 4.42 Å². The largest absolute Gasteiger partial charge is 0.456 e. The van der Waals surface area contributed by atoms with Crippen LogP contribution in [0.1, 0.15) is 33.4 Å². The zero-order chi connectivity index (χ0) is 41.4. The van der Waals surface area contributed by atoms with E-state index in [1.54, 1.807) is 19.1 Å². The second kappa shape index (κ2) is 13.9. The fourth-order valence-corrected chi connectivity index (χ4v) is 9.91. The molecule has 5 N–H and O–H groups in total. The summed E-state index contributed by atoms with van der Waals surface area (Å²) >= 11 is 0. The minimum absolute atomic E-state index is 0.0309. The van der Waals surface area contributed by atoms with Gasteiger partial charge in [-0.15, -0.1) is 0 Å². The van der Waals surface area contributed by atoms with Crippen molar-refractivity contribution in [1.82, 2.24) is 0 Å². The number of nitrogens with one attached hydrogen (secondary N) is 1. The highest BCUT2D eigenvalue weighted by Gasteiger charge is 2.29. The maximum atomic E-state index is 13.0. The molecule has 0 fully saturated rings. The summed E-state index contributed by atoms with van der Waals surface area (Å²) in [5.41, 5.74) is 4.14. The molecule has 1 aliphatic carbocycles. The van der Waals surface area contributed by atoms with Crippen LogP contribution in [0.5, 0.6) is 0 Å². The Morgan fingerprint density at radius 1 is 0.589 bits per heavy atom. The zero-order valence-corrected chi connectivity index (χ0v) is 33.7. The quantitative estimate of drug-likeness (QED) is 0.0763. The molecule has 0 unspecified atom stereocenters. The zero-order valence-electron chi connectivity index (χ0n) is 30.4. The molecule has 6 rings (SSSR count). The number of rotatable bonds is 8. The predicted octanol–water partition coefficient (Wildman–Crippen LogP) is 7.02. The minimum atomic E-state index is -5.25. The lowest BCUT2D eigenvalue weighted by Gasteiger charge is -2.20. The van der Waals surface area contributed by atoms with Crippen LogP contribution in [-0.2, 0) is 40.5 Å². The molecule has 0 amide bonds. The number of benzene rings is 5. The highest BCUT2D eigenvalue weighted by molar-refractivity contribution is 7.87. The van der Waals surface area contributed by atoms with Gasteiger partial charge >= 0.3 is 0 Å². The van der Waals surface area contributed by atoms with Gasteiger partial charge in [-0.3, -0.25) is 18.2 Å². The summed E-state index contributed by atoms with van der Waals surface area (Å²) in [5, 5.41) is 3.04. The maximum absolute atomic E-state index is 13.0. The van der Waals surface area contributed by atoms with Crippen molar-refractivity contribution < 1.29 is 56.3 Å². The van der Waals surface area contributed by atoms with E-state index in [1.165, 1.54) is 26.0 Å². The van der Waals surface area contributed by atoms with Crippen LogP contribution in [0.25, 0.3) is 33.4 Å². The highest BCUT2D eigenvalue weighted by Crippen LogP contribution is 2.44. The number of anilines is 2. The van der Waals surface area contributed by atoms with Gasteiger partial charge in [-0.1, -0.05) is 29.8 Å². The molecule has 4 aromatic carbocycles. The standard InChI is InChI=1S/C37H34N2O13S4/c1-18-11-19(2)35(20(3)12-18)38-24-7-9-26-30(14-24)52-31-17-29(39-36-21(4)13-22(5)37(23(36)6)56(49,50)51)33(55(46,47)48)16-28(31)34(26)27-10-8-25(53(40,41)42)15-32(27)54(43,44)45/h7-17,38H,1-6H3,(H,40,41,42)(H,43,44,45)(H,46,47,48)(H,49,50,51)/b39-29+. The second-order valence-electron chi connectivity index (χ2n) is 13.4. The topological polar surface area (TPSA) is 255 Å². The molecule has 19 heteroatoms. The van der Waals surface area contributed by atoms with Gasteiger partial charge in [0.1, 0.15) is 26.0 Å². The van der Waals surface area contributed by atoms with Crippen molar-refractivity contribution >= 4 is 68.5 Å². The van der Waals surface area contributed by atoms with E-state index in [0.29, 0.717) is 17.3 Å². The second-order valence-corrected chi connectivity index (χ2v) is 18.9. The molecule has 0 bridgehead atoms. The van der Waals surface area contributed by atoms with Gasteiger partial charge in [-0.05, 0) is 99.7 Å². The van der Waals surface area contributed by atoms with E-state index in [9.17, 15) is 51.9 Å². The molecule has 4 aromatic rings. The first kappa shape index (κ1) is 40.7. The number of fused-ring (bicyclic) bond motifs is 2. The number of nitrogens with zero attached hydrogens (tertiary/aromatic N) is 1. The van der Waals surface area contributed by atoms with Crippen molar-refractivity contribution in [2.45, 2.75) is 61.1 Å². The normalized spacial score (nSPS) is 13.1. The number of aryl methyl sites for hydroxylation is 5. The third-order valence-electron chi connectivity index (χ3n) is 9.17. The number of hydrogen-bond donors (Lipinski definition) is 5. The summed E-state index contributed by atoms with van der Waals surface area (Å²) in [6, 6.07) is 14.5. The first-order valence-corrected chi connectivity index (χ1v) is 22.1. The molecular weight excluding hydrogens is 809 g/mol. The number of hydrogen-bond acceptors (Lipinski definition) is 11. The molecular formula is C37H34N2O13S4. The van der Waals surface area contributed by atoms with Gasteiger partial charge in [0.25, 0.3) is 40.5 Å². The van der Waals surface area contributed by atoms with Gasteiger partial charge in [0.05, 0.1) is 15.9 Å². The molecule has 1 heterocycles. The SMILES string of the molecule is Cc1cc(C)c(Nc2ccc3c(-c4ccc(S(=O)(=O)O)cc4S(=O)(=O)O)c4cc(S(=O)(=O)O)/c(=N/c5c(C)cc(C)c(S(=O)(=O)O)c5C)cc-4oc3c2)c(C)c1. The third-order valence-corrected chi connectivity index (χ3v) is 12.9. The van der Waals surface area contributed by atoms with Crippen molar-refractivity contribution in [3.63, 3.8) is 0 Å². The molecule has 0 saturated carbocycles. The van der Waals surface area contributed by atoms with Gasteiger partial charge in [-0.25, -0.2) is 4.99 Å². The Kier molecular flexibility index (Phi) is 10.1. The monoisotopic (exact) mass is 842 g/mol. The Morgan fingerprint density at radius 2 is 1.21 bits per heavy atom. The summed E-state index contributed by atoms with van der Waals surface area (Å²) in [4.78, 5) is 1.30. The lowest BCUT2D eigenvalue weighted by Crippen LogP contribution is -2.16. The highest BCUT2D eigenvalue weighted by atomic mass is 32.2. The van der Waals surface area contributed by atoms with Crippen LogP contribution in [-0.4, -0.2) is 51.9 Å². The average molecular weight is 843 g/mol. The van der Waals surface area contributed by atoms with Crippen LogP contribution in [0, 0.1) is 41.5 Å². The molecule has 56 heavy (non-hydrogen) atoms. The Hall–Kier alpha value is -4.99. The molecule has 0 atom stereocenters. The molecule has 0 aromatic heterocycles. The van der Waals surface area contributed by atoms with Crippen LogP contribution in [0.2, 0.25) is 0 Å². The third kappa shape index (κ3) is 7.71. The van der Waals surface area contributed by atoms with Gasteiger partial charge in [-0.2, -0.15) is 33.7 Å². The summed E-state index contributed by atoms with van der Waals surface area (Å²) < 4.78 is 147. The van der Waals surface area contributed by atoms with Crippen LogP contribution in [0.15, 0.2) is 95.7 Å². The van der Waals surface area contributed by atoms with Gasteiger partial charge < -0.3 is 9.73 Å². The lowest BCUT2D eigenvalue weighted by molar-refractivity contribution is 0.478. The summed E-state index contributed by atoms with van der Waals surface area (Å²) in [5.74, 6) is -0.156. The smallest absolute Gasteiger partial charge is 0.296 e. The van der Waals surface area contributed by atoms with Crippen molar-refractivity contribution in [3.8, 4) is 22.5 Å². The Bertz CT molecular complexity index is 3150. The van der Waals surface area contributed by atoms with Crippen LogP contribution in [0.3, 0.4) is 0 Å². The van der Waals surface area contributed by atoms with E-state index < -0.39 is 65.4 Å². The van der Waals surface area contributed by atoms with E-state index in [0.717, 1.165) is 46.6 Å². The molecule has 15 nitrogen and oxygen atoms in total. The molecule has 294 valence electrons.